The third-order valence-corrected chi connectivity index (χ3v) is 3.88. The molecule has 1 atom stereocenters. The summed E-state index contributed by atoms with van der Waals surface area (Å²) in [5.74, 6) is -0.0843. The van der Waals surface area contributed by atoms with Gasteiger partial charge in [-0.3, -0.25) is 24.6 Å². The molecule has 0 bridgehead atoms. The lowest BCUT2D eigenvalue weighted by molar-refractivity contribution is -0.258. The molecule has 0 saturated carbocycles. The molecule has 4 N–H and O–H groups in total. The van der Waals surface area contributed by atoms with E-state index in [-0.39, 0.29) is 17.6 Å². The Morgan fingerprint density at radius 3 is 2.48 bits per heavy atom. The molecule has 1 aliphatic rings. The van der Waals surface area contributed by atoms with Crippen LogP contribution in [-0.4, -0.2) is 43.8 Å². The van der Waals surface area contributed by atoms with Gasteiger partial charge in [-0.2, -0.15) is 11.0 Å². The SMILES string of the molecule is CNC(CCCNC1NOC(C(=O)c2ccccc2)ON1)CC(C)=O. The normalized spacial score (nSPS) is 21.7. The van der Waals surface area contributed by atoms with Crippen LogP contribution < -0.4 is 21.6 Å². The molecule has 1 unspecified atom stereocenters. The maximum atomic E-state index is 12.2. The number of carbonyl (C=O) groups is 2. The van der Waals surface area contributed by atoms with Crippen molar-refractivity contribution in [3.63, 3.8) is 0 Å². The van der Waals surface area contributed by atoms with E-state index in [9.17, 15) is 9.59 Å². The summed E-state index contributed by atoms with van der Waals surface area (Å²) in [6.07, 6.45) is 0.842. The van der Waals surface area contributed by atoms with E-state index < -0.39 is 12.6 Å². The Labute approximate surface area is 147 Å². The highest BCUT2D eigenvalue weighted by atomic mass is 16.9. The van der Waals surface area contributed by atoms with Crippen molar-refractivity contribution in [1.82, 2.24) is 21.6 Å². The lowest BCUT2D eigenvalue weighted by atomic mass is 10.1. The highest BCUT2D eigenvalue weighted by molar-refractivity contribution is 5.98. The second-order valence-corrected chi connectivity index (χ2v) is 5.95. The van der Waals surface area contributed by atoms with E-state index in [1.165, 1.54) is 0 Å². The Morgan fingerprint density at radius 2 is 1.88 bits per heavy atom. The van der Waals surface area contributed by atoms with E-state index in [4.69, 9.17) is 9.68 Å². The van der Waals surface area contributed by atoms with Crippen molar-refractivity contribution in [3.05, 3.63) is 35.9 Å². The summed E-state index contributed by atoms with van der Waals surface area (Å²) in [4.78, 5) is 33.8. The van der Waals surface area contributed by atoms with E-state index in [1.807, 2.05) is 13.1 Å². The summed E-state index contributed by atoms with van der Waals surface area (Å²) in [7, 11) is 1.86. The number of hydrogen-bond acceptors (Lipinski definition) is 8. The fourth-order valence-electron chi connectivity index (χ4n) is 2.53. The van der Waals surface area contributed by atoms with Crippen LogP contribution in [0.1, 0.15) is 36.5 Å². The van der Waals surface area contributed by atoms with Crippen LogP contribution in [-0.2, 0) is 14.5 Å². The average molecular weight is 350 g/mol. The van der Waals surface area contributed by atoms with Crippen molar-refractivity contribution in [3.8, 4) is 0 Å². The molecule has 25 heavy (non-hydrogen) atoms. The minimum Gasteiger partial charge on any atom is -0.317 e. The average Bonchev–Trinajstić information content (AvgIpc) is 2.64. The minimum atomic E-state index is -1.04. The molecular formula is C17H26N4O4. The molecule has 0 amide bonds. The largest absolute Gasteiger partial charge is 0.317 e. The number of ketones is 2. The quantitative estimate of drug-likeness (QED) is 0.357. The zero-order chi connectivity index (χ0) is 18.1. The maximum absolute atomic E-state index is 12.2. The first-order valence-electron chi connectivity index (χ1n) is 8.42. The van der Waals surface area contributed by atoms with Gasteiger partial charge in [-0.1, -0.05) is 30.3 Å². The van der Waals surface area contributed by atoms with Crippen LogP contribution in [0.2, 0.25) is 0 Å². The second-order valence-electron chi connectivity index (χ2n) is 5.95. The molecule has 8 nitrogen and oxygen atoms in total. The van der Waals surface area contributed by atoms with Crippen molar-refractivity contribution >= 4 is 11.6 Å². The zero-order valence-corrected chi connectivity index (χ0v) is 14.6. The van der Waals surface area contributed by atoms with Crippen molar-refractivity contribution in [2.24, 2.45) is 0 Å². The van der Waals surface area contributed by atoms with Crippen LogP contribution in [0.4, 0.5) is 0 Å². The van der Waals surface area contributed by atoms with Gasteiger partial charge >= 0.3 is 0 Å². The highest BCUT2D eigenvalue weighted by Crippen LogP contribution is 2.08. The standard InChI is InChI=1S/C17H26N4O4/c1-12(22)11-14(18-2)9-6-10-19-17-20-24-16(25-21-17)15(23)13-7-4-3-5-8-13/h3-5,7-8,14,16-21H,6,9-11H2,1-2H3. The van der Waals surface area contributed by atoms with Crippen LogP contribution in [0, 0.1) is 0 Å². The molecule has 2 rings (SSSR count). The summed E-state index contributed by atoms with van der Waals surface area (Å²) in [5.41, 5.74) is 5.95. The van der Waals surface area contributed by atoms with Crippen LogP contribution in [0.3, 0.4) is 0 Å². The van der Waals surface area contributed by atoms with Crippen LogP contribution in [0.15, 0.2) is 30.3 Å². The molecule has 1 fully saturated rings. The Bertz CT molecular complexity index is 547. The lowest BCUT2D eigenvalue weighted by Gasteiger charge is -2.30. The Morgan fingerprint density at radius 1 is 1.20 bits per heavy atom. The van der Waals surface area contributed by atoms with Crippen LogP contribution >= 0.6 is 0 Å². The van der Waals surface area contributed by atoms with Crippen LogP contribution in [0.5, 0.6) is 0 Å². The monoisotopic (exact) mass is 350 g/mol. The molecular weight excluding hydrogens is 324 g/mol. The zero-order valence-electron chi connectivity index (χ0n) is 14.6. The number of rotatable bonds is 10. The molecule has 0 aliphatic carbocycles. The number of nitrogens with one attached hydrogen (secondary N) is 4. The minimum absolute atomic E-state index is 0.179. The molecule has 1 aromatic rings. The maximum Gasteiger partial charge on any atom is 0.258 e. The number of carbonyl (C=O) groups excluding carboxylic acids is 2. The first-order valence-corrected chi connectivity index (χ1v) is 8.42. The summed E-state index contributed by atoms with van der Waals surface area (Å²) < 4.78 is 0. The first-order chi connectivity index (χ1) is 12.1. The van der Waals surface area contributed by atoms with Gasteiger partial charge in [-0.05, 0) is 33.4 Å². The van der Waals surface area contributed by atoms with E-state index >= 15 is 0 Å². The number of hydroxylamine groups is 2. The van der Waals surface area contributed by atoms with Crippen molar-refractivity contribution in [1.29, 1.82) is 0 Å². The summed E-state index contributed by atoms with van der Waals surface area (Å²) in [6, 6.07) is 9.01. The van der Waals surface area contributed by atoms with Gasteiger partial charge < -0.3 is 5.32 Å². The summed E-state index contributed by atoms with van der Waals surface area (Å²) in [5, 5.41) is 6.30. The summed E-state index contributed by atoms with van der Waals surface area (Å²) >= 11 is 0. The molecule has 1 saturated heterocycles. The molecule has 1 aromatic carbocycles. The van der Waals surface area contributed by atoms with Gasteiger partial charge in [0.25, 0.3) is 6.29 Å². The second kappa shape index (κ2) is 10.3. The topological polar surface area (TPSA) is 101 Å². The predicted molar refractivity (Wildman–Crippen MR) is 92.2 cm³/mol. The first kappa shape index (κ1) is 19.6. The summed E-state index contributed by atoms with van der Waals surface area (Å²) in [6.45, 7) is 2.30. The number of Topliss-reactive ketones (excluding diaryl/α,β-unsaturated/α-hetero) is 2. The molecule has 8 heteroatoms. The van der Waals surface area contributed by atoms with Gasteiger partial charge in [0, 0.05) is 18.0 Å². The Kier molecular flexibility index (Phi) is 8.13. The molecule has 138 valence electrons. The van der Waals surface area contributed by atoms with E-state index in [0.717, 1.165) is 12.8 Å². The molecule has 1 heterocycles. The smallest absolute Gasteiger partial charge is 0.258 e. The van der Waals surface area contributed by atoms with Crippen LogP contribution in [0.25, 0.3) is 0 Å². The lowest BCUT2D eigenvalue weighted by Crippen LogP contribution is -2.60. The van der Waals surface area contributed by atoms with Gasteiger partial charge in [-0.15, -0.1) is 0 Å². The van der Waals surface area contributed by atoms with Gasteiger partial charge in [0.15, 0.2) is 6.29 Å². The van der Waals surface area contributed by atoms with Crippen molar-refractivity contribution < 1.29 is 19.3 Å². The van der Waals surface area contributed by atoms with E-state index in [1.54, 1.807) is 31.2 Å². The molecule has 1 aliphatic heterocycles. The third kappa shape index (κ3) is 6.62. The number of hydrogen-bond donors (Lipinski definition) is 4. The fourth-order valence-corrected chi connectivity index (χ4v) is 2.53. The van der Waals surface area contributed by atoms with Crippen molar-refractivity contribution in [2.45, 2.75) is 44.8 Å². The predicted octanol–water partition coefficient (Wildman–Crippen LogP) is 0.472. The van der Waals surface area contributed by atoms with Gasteiger partial charge in [0.2, 0.25) is 5.78 Å². The van der Waals surface area contributed by atoms with E-state index in [0.29, 0.717) is 18.5 Å². The highest BCUT2D eigenvalue weighted by Gasteiger charge is 2.28. The van der Waals surface area contributed by atoms with Crippen molar-refractivity contribution in [2.75, 3.05) is 13.6 Å². The van der Waals surface area contributed by atoms with Gasteiger partial charge in [0.1, 0.15) is 5.78 Å². The Balaban J connectivity index is 1.64. The third-order valence-electron chi connectivity index (χ3n) is 3.88. The van der Waals surface area contributed by atoms with Gasteiger partial charge in [0.05, 0.1) is 0 Å². The molecule has 0 aromatic heterocycles. The molecule has 0 radical (unpaired) electrons. The fraction of sp³-hybridized carbons (Fsp3) is 0.529. The Hall–Kier alpha value is -1.68. The van der Waals surface area contributed by atoms with Gasteiger partial charge in [-0.25, -0.2) is 0 Å². The van der Waals surface area contributed by atoms with E-state index in [2.05, 4.69) is 21.6 Å². The number of benzene rings is 1. The molecule has 0 spiro atoms.